The van der Waals surface area contributed by atoms with E-state index in [-0.39, 0.29) is 11.7 Å². The van der Waals surface area contributed by atoms with Crippen LogP contribution in [0, 0.1) is 12.7 Å². The van der Waals surface area contributed by atoms with E-state index in [1.54, 1.807) is 18.3 Å². The largest absolute Gasteiger partial charge is 0.374 e. The van der Waals surface area contributed by atoms with E-state index in [9.17, 15) is 9.18 Å². The van der Waals surface area contributed by atoms with Gasteiger partial charge in [0.15, 0.2) is 0 Å². The van der Waals surface area contributed by atoms with Crippen molar-refractivity contribution in [3.05, 3.63) is 53.3 Å². The van der Waals surface area contributed by atoms with Crippen LogP contribution in [0.2, 0.25) is 0 Å². The van der Waals surface area contributed by atoms with E-state index in [0.29, 0.717) is 5.69 Å². The van der Waals surface area contributed by atoms with Crippen LogP contribution in [0.5, 0.6) is 0 Å². The van der Waals surface area contributed by atoms with Crippen molar-refractivity contribution in [1.29, 1.82) is 0 Å². The predicted octanol–water partition coefficient (Wildman–Crippen LogP) is 4.18. The van der Waals surface area contributed by atoms with Gasteiger partial charge >= 0.3 is 0 Å². The van der Waals surface area contributed by atoms with E-state index in [1.807, 2.05) is 25.1 Å². The van der Waals surface area contributed by atoms with Crippen LogP contribution in [-0.4, -0.2) is 16.9 Å². The fourth-order valence-corrected chi connectivity index (χ4v) is 3.10. The van der Waals surface area contributed by atoms with Gasteiger partial charge in [0.25, 0.3) is 0 Å². The summed E-state index contributed by atoms with van der Waals surface area (Å²) >= 11 is 1.62. The Kier molecular flexibility index (Phi) is 4.25. The highest BCUT2D eigenvalue weighted by Crippen LogP contribution is 2.25. The number of aryl methyl sites for hydroxylation is 1. The monoisotopic (exact) mass is 329 g/mol. The number of thiazole rings is 1. The Morgan fingerprint density at radius 2 is 1.87 bits per heavy atom. The third-order valence-corrected chi connectivity index (χ3v) is 4.32. The molecule has 1 heterocycles. The summed E-state index contributed by atoms with van der Waals surface area (Å²) < 4.78 is 14.0. The Morgan fingerprint density at radius 1 is 1.17 bits per heavy atom. The lowest BCUT2D eigenvalue weighted by Gasteiger charge is -2.15. The molecule has 0 radical (unpaired) electrons. The number of halogens is 1. The average molecular weight is 329 g/mol. The lowest BCUT2D eigenvalue weighted by Crippen LogP contribution is -2.31. The van der Waals surface area contributed by atoms with E-state index in [4.69, 9.17) is 0 Å². The molecule has 3 aromatic rings. The van der Waals surface area contributed by atoms with Gasteiger partial charge in [0.05, 0.1) is 15.2 Å². The number of rotatable bonds is 4. The summed E-state index contributed by atoms with van der Waals surface area (Å²) in [4.78, 5) is 16.6. The molecule has 23 heavy (non-hydrogen) atoms. The molecule has 4 nitrogen and oxygen atoms in total. The van der Waals surface area contributed by atoms with E-state index in [2.05, 4.69) is 15.6 Å². The molecule has 0 aliphatic carbocycles. The van der Waals surface area contributed by atoms with Crippen LogP contribution in [-0.2, 0) is 4.79 Å². The van der Waals surface area contributed by atoms with Crippen molar-refractivity contribution < 1.29 is 9.18 Å². The summed E-state index contributed by atoms with van der Waals surface area (Å²) in [6, 6.07) is 11.1. The van der Waals surface area contributed by atoms with Crippen LogP contribution in [0.1, 0.15) is 11.9 Å². The number of hydrogen-bond acceptors (Lipinski definition) is 4. The lowest BCUT2D eigenvalue weighted by molar-refractivity contribution is -0.116. The summed E-state index contributed by atoms with van der Waals surface area (Å²) in [5.41, 5.74) is 2.39. The summed E-state index contributed by atoms with van der Waals surface area (Å²) in [5.74, 6) is -0.514. The van der Waals surface area contributed by atoms with Gasteiger partial charge < -0.3 is 10.6 Å². The fourth-order valence-electron chi connectivity index (χ4n) is 2.23. The second kappa shape index (κ2) is 6.34. The van der Waals surface area contributed by atoms with Crippen molar-refractivity contribution in [2.45, 2.75) is 19.9 Å². The minimum Gasteiger partial charge on any atom is -0.374 e. The quantitative estimate of drug-likeness (QED) is 0.755. The normalized spacial score (nSPS) is 12.1. The highest BCUT2D eigenvalue weighted by Gasteiger charge is 2.13. The highest BCUT2D eigenvalue weighted by molar-refractivity contribution is 7.18. The maximum Gasteiger partial charge on any atom is 0.246 e. The number of aromatic nitrogens is 1. The van der Waals surface area contributed by atoms with Crippen LogP contribution in [0.15, 0.2) is 42.5 Å². The third kappa shape index (κ3) is 3.65. The van der Waals surface area contributed by atoms with Gasteiger partial charge in [-0.2, -0.15) is 0 Å². The van der Waals surface area contributed by atoms with Crippen molar-refractivity contribution in [2.75, 3.05) is 10.6 Å². The Hall–Kier alpha value is -2.47. The Bertz CT molecular complexity index is 845. The molecule has 0 saturated heterocycles. The molecule has 0 aliphatic heterocycles. The molecule has 1 aromatic heterocycles. The van der Waals surface area contributed by atoms with Gasteiger partial charge in [0, 0.05) is 11.4 Å². The third-order valence-electron chi connectivity index (χ3n) is 3.38. The molecule has 2 N–H and O–H groups in total. The summed E-state index contributed by atoms with van der Waals surface area (Å²) in [6.07, 6.45) is 0. The number of benzene rings is 2. The van der Waals surface area contributed by atoms with Gasteiger partial charge in [-0.3, -0.25) is 4.79 Å². The molecule has 0 aliphatic rings. The number of amides is 1. The van der Waals surface area contributed by atoms with Crippen LogP contribution in [0.3, 0.4) is 0 Å². The van der Waals surface area contributed by atoms with Crippen LogP contribution < -0.4 is 10.6 Å². The molecule has 0 bridgehead atoms. The average Bonchev–Trinajstić information content (AvgIpc) is 2.88. The lowest BCUT2D eigenvalue weighted by atomic mass is 10.2. The molecule has 3 rings (SSSR count). The molecule has 6 heteroatoms. The van der Waals surface area contributed by atoms with E-state index >= 15 is 0 Å². The highest BCUT2D eigenvalue weighted by atomic mass is 32.1. The van der Waals surface area contributed by atoms with Crippen LogP contribution in [0.4, 0.5) is 15.8 Å². The van der Waals surface area contributed by atoms with Crippen molar-refractivity contribution in [3.63, 3.8) is 0 Å². The molecule has 0 spiro atoms. The molecule has 2 aromatic carbocycles. The van der Waals surface area contributed by atoms with Gasteiger partial charge in [-0.15, -0.1) is 11.3 Å². The molecule has 0 fully saturated rings. The first-order valence-electron chi connectivity index (χ1n) is 7.21. The number of carbonyl (C=O) groups is 1. The second-order valence-corrected chi connectivity index (χ2v) is 6.51. The number of nitrogens with zero attached hydrogens (tertiary/aromatic N) is 1. The standard InChI is InChI=1S/C17H16FN3OS/c1-10(17(22)21-13-5-3-12(18)4-6-13)19-14-7-8-15-16(9-14)23-11(2)20-15/h3-10,19H,1-2H3,(H,21,22)/t10-/m1/s1. The number of carbonyl (C=O) groups excluding carboxylic acids is 1. The zero-order chi connectivity index (χ0) is 16.4. The molecule has 1 atom stereocenters. The minimum absolute atomic E-state index is 0.183. The number of anilines is 2. The topological polar surface area (TPSA) is 54.0 Å². The summed E-state index contributed by atoms with van der Waals surface area (Å²) in [5, 5.41) is 6.93. The smallest absolute Gasteiger partial charge is 0.246 e. The number of fused-ring (bicyclic) bond motifs is 1. The van der Waals surface area contributed by atoms with Crippen LogP contribution >= 0.6 is 11.3 Å². The first-order valence-corrected chi connectivity index (χ1v) is 8.03. The summed E-state index contributed by atoms with van der Waals surface area (Å²) in [7, 11) is 0. The van der Waals surface area contributed by atoms with Gasteiger partial charge in [-0.25, -0.2) is 9.37 Å². The predicted molar refractivity (Wildman–Crippen MR) is 92.5 cm³/mol. The Morgan fingerprint density at radius 3 is 2.61 bits per heavy atom. The van der Waals surface area contributed by atoms with Crippen molar-refractivity contribution in [1.82, 2.24) is 4.98 Å². The van der Waals surface area contributed by atoms with E-state index in [0.717, 1.165) is 20.9 Å². The van der Waals surface area contributed by atoms with Gasteiger partial charge in [0.2, 0.25) is 5.91 Å². The zero-order valence-corrected chi connectivity index (χ0v) is 13.6. The second-order valence-electron chi connectivity index (χ2n) is 5.28. The number of nitrogens with one attached hydrogen (secondary N) is 2. The van der Waals surface area contributed by atoms with Crippen molar-refractivity contribution in [2.24, 2.45) is 0 Å². The SMILES string of the molecule is Cc1nc2ccc(N[C@H](C)C(=O)Nc3ccc(F)cc3)cc2s1. The molecular weight excluding hydrogens is 313 g/mol. The van der Waals surface area contributed by atoms with Crippen molar-refractivity contribution >= 4 is 38.8 Å². The Labute approximate surface area is 137 Å². The molecular formula is C17H16FN3OS. The molecule has 0 saturated carbocycles. The Balaban J connectivity index is 1.67. The maximum atomic E-state index is 12.9. The molecule has 1 amide bonds. The first-order chi connectivity index (χ1) is 11.0. The van der Waals surface area contributed by atoms with Gasteiger partial charge in [-0.05, 0) is 56.3 Å². The van der Waals surface area contributed by atoms with E-state index < -0.39 is 6.04 Å². The van der Waals surface area contributed by atoms with Gasteiger partial charge in [-0.1, -0.05) is 0 Å². The first kappa shape index (κ1) is 15.4. The van der Waals surface area contributed by atoms with Crippen LogP contribution in [0.25, 0.3) is 10.2 Å². The van der Waals surface area contributed by atoms with Gasteiger partial charge in [0.1, 0.15) is 11.9 Å². The minimum atomic E-state index is -0.425. The summed E-state index contributed by atoms with van der Waals surface area (Å²) in [6.45, 7) is 3.75. The van der Waals surface area contributed by atoms with Crippen molar-refractivity contribution in [3.8, 4) is 0 Å². The number of hydrogen-bond donors (Lipinski definition) is 2. The fraction of sp³-hybridized carbons (Fsp3) is 0.176. The molecule has 0 unspecified atom stereocenters. The zero-order valence-electron chi connectivity index (χ0n) is 12.8. The van der Waals surface area contributed by atoms with E-state index in [1.165, 1.54) is 24.3 Å². The maximum absolute atomic E-state index is 12.9. The molecule has 118 valence electrons.